The first-order chi connectivity index (χ1) is 13.3. The van der Waals surface area contributed by atoms with Crippen molar-refractivity contribution >= 4 is 43.2 Å². The summed E-state index contributed by atoms with van der Waals surface area (Å²) in [6.45, 7) is 1.68. The summed E-state index contributed by atoms with van der Waals surface area (Å²) in [7, 11) is -0.730. The fraction of sp³-hybridized carbons (Fsp3) is 0.421. The number of hydrogen-bond acceptors (Lipinski definition) is 5. The van der Waals surface area contributed by atoms with Crippen LogP contribution < -0.4 is 0 Å². The molecule has 1 aliphatic rings. The third-order valence-electron chi connectivity index (χ3n) is 4.60. The van der Waals surface area contributed by atoms with Crippen LogP contribution in [0, 0.1) is 0 Å². The van der Waals surface area contributed by atoms with Crippen molar-refractivity contribution in [1.29, 1.82) is 0 Å². The number of ether oxygens (including phenoxy) is 1. The third kappa shape index (κ3) is 4.83. The number of benzene rings is 1. The van der Waals surface area contributed by atoms with Gasteiger partial charge in [0.2, 0.25) is 10.0 Å². The summed E-state index contributed by atoms with van der Waals surface area (Å²) in [6, 6.07) is 8.65. The second kappa shape index (κ2) is 9.04. The molecule has 0 radical (unpaired) electrons. The normalized spacial score (nSPS) is 17.2. The highest BCUT2D eigenvalue weighted by Crippen LogP contribution is 2.27. The number of carbonyl (C=O) groups excluding carboxylic acids is 1. The molecular formula is C19H23BrN2O4S2. The minimum absolute atomic E-state index is 0.0179. The van der Waals surface area contributed by atoms with Crippen LogP contribution in [0.5, 0.6) is 0 Å². The molecule has 152 valence electrons. The van der Waals surface area contributed by atoms with Crippen LogP contribution in [-0.4, -0.2) is 56.9 Å². The Labute approximate surface area is 178 Å². The predicted molar refractivity (Wildman–Crippen MR) is 113 cm³/mol. The van der Waals surface area contributed by atoms with Gasteiger partial charge in [0, 0.05) is 42.2 Å². The molecule has 9 heteroatoms. The van der Waals surface area contributed by atoms with Crippen molar-refractivity contribution in [2.45, 2.75) is 30.4 Å². The van der Waals surface area contributed by atoms with Gasteiger partial charge in [-0.05, 0) is 58.4 Å². The predicted octanol–water partition coefficient (Wildman–Crippen LogP) is 3.58. The average molecular weight is 487 g/mol. The highest BCUT2D eigenvalue weighted by molar-refractivity contribution is 9.10. The zero-order valence-corrected chi connectivity index (χ0v) is 19.0. The van der Waals surface area contributed by atoms with Gasteiger partial charge in [-0.2, -0.15) is 0 Å². The number of nitrogens with zero attached hydrogens (tertiary/aromatic N) is 2. The maximum absolute atomic E-state index is 13.3. The Bertz CT molecular complexity index is 923. The number of thiophene rings is 1. The molecule has 6 nitrogen and oxygen atoms in total. The SMILES string of the molecule is CN(C)S(=O)(=O)c1cc(C(=O)N(Cc2cccs2)CC2CCCO2)ccc1Br. The van der Waals surface area contributed by atoms with Crippen molar-refractivity contribution in [3.63, 3.8) is 0 Å². The highest BCUT2D eigenvalue weighted by atomic mass is 79.9. The van der Waals surface area contributed by atoms with E-state index in [1.54, 1.807) is 28.4 Å². The zero-order chi connectivity index (χ0) is 20.3. The smallest absolute Gasteiger partial charge is 0.254 e. The molecular weight excluding hydrogens is 464 g/mol. The number of amides is 1. The molecule has 0 N–H and O–H groups in total. The summed E-state index contributed by atoms with van der Waals surface area (Å²) in [5.41, 5.74) is 0.346. The molecule has 1 aromatic heterocycles. The fourth-order valence-corrected chi connectivity index (χ4v) is 5.62. The van der Waals surface area contributed by atoms with E-state index in [9.17, 15) is 13.2 Å². The van der Waals surface area contributed by atoms with Gasteiger partial charge in [0.15, 0.2) is 0 Å². The summed E-state index contributed by atoms with van der Waals surface area (Å²) in [5, 5.41) is 1.98. The number of carbonyl (C=O) groups is 1. The van der Waals surface area contributed by atoms with Gasteiger partial charge < -0.3 is 9.64 Å². The van der Waals surface area contributed by atoms with Crippen LogP contribution in [0.4, 0.5) is 0 Å². The van der Waals surface area contributed by atoms with Crippen LogP contribution in [0.25, 0.3) is 0 Å². The Hall–Kier alpha value is -1.26. The molecule has 1 aromatic carbocycles. The quantitative estimate of drug-likeness (QED) is 0.599. The number of rotatable bonds is 7. The second-order valence-electron chi connectivity index (χ2n) is 6.83. The van der Waals surface area contributed by atoms with Gasteiger partial charge in [0.1, 0.15) is 0 Å². The molecule has 1 atom stereocenters. The molecule has 2 aromatic rings. The lowest BCUT2D eigenvalue weighted by atomic mass is 10.1. The van der Waals surface area contributed by atoms with Gasteiger partial charge >= 0.3 is 0 Å². The Kier molecular flexibility index (Phi) is 6.93. The van der Waals surface area contributed by atoms with Gasteiger partial charge in [-0.25, -0.2) is 12.7 Å². The molecule has 1 amide bonds. The van der Waals surface area contributed by atoms with E-state index >= 15 is 0 Å². The largest absolute Gasteiger partial charge is 0.376 e. The summed E-state index contributed by atoms with van der Waals surface area (Å²) < 4.78 is 32.5. The molecule has 0 aliphatic carbocycles. The van der Waals surface area contributed by atoms with E-state index in [0.29, 0.717) is 23.1 Å². The average Bonchev–Trinajstić information content (AvgIpc) is 3.34. The number of halogens is 1. The molecule has 1 aliphatic heterocycles. The highest BCUT2D eigenvalue weighted by Gasteiger charge is 2.26. The first-order valence-electron chi connectivity index (χ1n) is 8.94. The molecule has 1 unspecified atom stereocenters. The van der Waals surface area contributed by atoms with E-state index in [1.165, 1.54) is 20.2 Å². The molecule has 0 spiro atoms. The minimum Gasteiger partial charge on any atom is -0.376 e. The maximum atomic E-state index is 13.3. The first kappa shape index (κ1) is 21.4. The monoisotopic (exact) mass is 486 g/mol. The summed E-state index contributed by atoms with van der Waals surface area (Å²) in [4.78, 5) is 16.2. The van der Waals surface area contributed by atoms with Crippen molar-refractivity contribution in [3.05, 3.63) is 50.6 Å². The molecule has 0 bridgehead atoms. The maximum Gasteiger partial charge on any atom is 0.254 e. The van der Waals surface area contributed by atoms with E-state index in [-0.39, 0.29) is 16.9 Å². The van der Waals surface area contributed by atoms with Crippen LogP contribution in [0.1, 0.15) is 28.1 Å². The lowest BCUT2D eigenvalue weighted by molar-refractivity contribution is 0.0509. The minimum atomic E-state index is -3.67. The van der Waals surface area contributed by atoms with Crippen molar-refractivity contribution in [3.8, 4) is 0 Å². The lowest BCUT2D eigenvalue weighted by Gasteiger charge is -2.25. The van der Waals surface area contributed by atoms with Crippen molar-refractivity contribution < 1.29 is 17.9 Å². The summed E-state index contributed by atoms with van der Waals surface area (Å²) >= 11 is 4.88. The Morgan fingerprint density at radius 2 is 2.11 bits per heavy atom. The van der Waals surface area contributed by atoms with Gasteiger partial charge in [-0.3, -0.25) is 4.79 Å². The van der Waals surface area contributed by atoms with Gasteiger partial charge in [0.05, 0.1) is 17.5 Å². The van der Waals surface area contributed by atoms with Crippen molar-refractivity contribution in [1.82, 2.24) is 9.21 Å². The molecule has 28 heavy (non-hydrogen) atoms. The third-order valence-corrected chi connectivity index (χ3v) is 8.27. The Balaban J connectivity index is 1.91. The summed E-state index contributed by atoms with van der Waals surface area (Å²) in [6.07, 6.45) is 1.94. The second-order valence-corrected chi connectivity index (χ2v) is 10.8. The lowest BCUT2D eigenvalue weighted by Crippen LogP contribution is -2.37. The number of hydrogen-bond donors (Lipinski definition) is 0. The van der Waals surface area contributed by atoms with Gasteiger partial charge in [-0.1, -0.05) is 6.07 Å². The van der Waals surface area contributed by atoms with Gasteiger partial charge in [0.25, 0.3) is 5.91 Å². The zero-order valence-electron chi connectivity index (χ0n) is 15.8. The van der Waals surface area contributed by atoms with Crippen molar-refractivity contribution in [2.75, 3.05) is 27.2 Å². The standard InChI is InChI=1S/C19H23BrN2O4S2/c1-21(2)28(24,25)18-11-14(7-8-17(18)20)19(23)22(12-15-5-3-9-26-15)13-16-6-4-10-27-16/h4,6-8,10-11,15H,3,5,9,12-13H2,1-2H3. The van der Waals surface area contributed by atoms with E-state index < -0.39 is 10.0 Å². The van der Waals surface area contributed by atoms with E-state index in [2.05, 4.69) is 15.9 Å². The molecule has 0 saturated carbocycles. The van der Waals surface area contributed by atoms with Crippen LogP contribution >= 0.6 is 27.3 Å². The van der Waals surface area contributed by atoms with Crippen LogP contribution in [0.15, 0.2) is 45.1 Å². The Morgan fingerprint density at radius 1 is 1.32 bits per heavy atom. The van der Waals surface area contributed by atoms with Crippen LogP contribution in [0.2, 0.25) is 0 Å². The first-order valence-corrected chi connectivity index (χ1v) is 12.1. The van der Waals surface area contributed by atoms with Crippen LogP contribution in [-0.2, 0) is 21.3 Å². The topological polar surface area (TPSA) is 66.9 Å². The van der Waals surface area contributed by atoms with Crippen molar-refractivity contribution in [2.24, 2.45) is 0 Å². The molecule has 2 heterocycles. The molecule has 1 fully saturated rings. The van der Waals surface area contributed by atoms with E-state index in [0.717, 1.165) is 28.6 Å². The van der Waals surface area contributed by atoms with Gasteiger partial charge in [-0.15, -0.1) is 11.3 Å². The summed E-state index contributed by atoms with van der Waals surface area (Å²) in [5.74, 6) is -0.202. The van der Waals surface area contributed by atoms with E-state index in [1.807, 2.05) is 17.5 Å². The Morgan fingerprint density at radius 3 is 2.71 bits per heavy atom. The van der Waals surface area contributed by atoms with Crippen LogP contribution in [0.3, 0.4) is 0 Å². The fourth-order valence-electron chi connectivity index (χ4n) is 3.06. The van der Waals surface area contributed by atoms with E-state index in [4.69, 9.17) is 4.74 Å². The molecule has 3 rings (SSSR count). The molecule has 1 saturated heterocycles. The number of sulfonamides is 1.